The summed E-state index contributed by atoms with van der Waals surface area (Å²) >= 11 is 0. The van der Waals surface area contributed by atoms with Gasteiger partial charge in [0.05, 0.1) is 6.10 Å². The minimum atomic E-state index is -0.0402. The Morgan fingerprint density at radius 1 is 1.21 bits per heavy atom. The molecule has 0 aliphatic heterocycles. The van der Waals surface area contributed by atoms with Crippen molar-refractivity contribution in [1.82, 2.24) is 0 Å². The zero-order chi connectivity index (χ0) is 10.3. The predicted octanol–water partition coefficient (Wildman–Crippen LogP) is 3.22. The van der Waals surface area contributed by atoms with Gasteiger partial charge in [0.1, 0.15) is 0 Å². The largest absolute Gasteiger partial charge is 0.393 e. The van der Waals surface area contributed by atoms with Crippen LogP contribution in [-0.4, -0.2) is 11.2 Å². The average molecular weight is 196 g/mol. The topological polar surface area (TPSA) is 20.2 Å². The second-order valence-corrected chi connectivity index (χ2v) is 6.11. The molecule has 2 saturated carbocycles. The van der Waals surface area contributed by atoms with Gasteiger partial charge in [-0.25, -0.2) is 0 Å². The van der Waals surface area contributed by atoms with Crippen LogP contribution in [0.4, 0.5) is 0 Å². The van der Waals surface area contributed by atoms with Crippen molar-refractivity contribution in [2.75, 3.05) is 0 Å². The molecule has 0 amide bonds. The highest BCUT2D eigenvalue weighted by Gasteiger charge is 2.46. The number of fused-ring (bicyclic) bond motifs is 1. The van der Waals surface area contributed by atoms with Crippen molar-refractivity contribution in [1.29, 1.82) is 0 Å². The molecule has 0 radical (unpaired) electrons. The monoisotopic (exact) mass is 196 g/mol. The van der Waals surface area contributed by atoms with Gasteiger partial charge < -0.3 is 5.11 Å². The van der Waals surface area contributed by atoms with E-state index < -0.39 is 0 Å². The summed E-state index contributed by atoms with van der Waals surface area (Å²) in [5.41, 5.74) is 0.448. The number of rotatable bonds is 0. The Morgan fingerprint density at radius 3 is 2.64 bits per heavy atom. The van der Waals surface area contributed by atoms with Gasteiger partial charge in [-0.3, -0.25) is 0 Å². The summed E-state index contributed by atoms with van der Waals surface area (Å²) in [6, 6.07) is 0. The lowest BCUT2D eigenvalue weighted by Crippen LogP contribution is -2.45. The minimum Gasteiger partial charge on any atom is -0.393 e. The summed E-state index contributed by atoms with van der Waals surface area (Å²) in [5, 5.41) is 9.97. The molecule has 0 heterocycles. The van der Waals surface area contributed by atoms with Crippen molar-refractivity contribution in [3.8, 4) is 0 Å². The van der Waals surface area contributed by atoms with E-state index in [1.807, 2.05) is 0 Å². The number of hydrogen-bond donors (Lipinski definition) is 1. The SMILES string of the molecule is C[C@H]1C[C@H]2[C@@H](C)CCC[C@]2(C)C[C@@H]1O. The Labute approximate surface area is 87.9 Å². The van der Waals surface area contributed by atoms with Crippen molar-refractivity contribution in [3.63, 3.8) is 0 Å². The maximum absolute atomic E-state index is 9.97. The van der Waals surface area contributed by atoms with E-state index in [1.54, 1.807) is 0 Å². The molecule has 1 N–H and O–H groups in total. The normalized spacial score (nSPS) is 54.0. The third-order valence-corrected chi connectivity index (χ3v) is 4.95. The summed E-state index contributed by atoms with van der Waals surface area (Å²) in [4.78, 5) is 0. The highest BCUT2D eigenvalue weighted by atomic mass is 16.3. The molecule has 1 heteroatoms. The fraction of sp³-hybridized carbons (Fsp3) is 1.00. The summed E-state index contributed by atoms with van der Waals surface area (Å²) < 4.78 is 0. The molecule has 82 valence electrons. The second-order valence-electron chi connectivity index (χ2n) is 6.11. The zero-order valence-electron chi connectivity index (χ0n) is 9.79. The van der Waals surface area contributed by atoms with Gasteiger partial charge in [-0.1, -0.05) is 33.6 Å². The molecule has 0 bridgehead atoms. The zero-order valence-corrected chi connectivity index (χ0v) is 9.79. The molecular formula is C13H24O. The van der Waals surface area contributed by atoms with Crippen molar-refractivity contribution in [2.45, 2.75) is 59.0 Å². The molecule has 5 atom stereocenters. The van der Waals surface area contributed by atoms with Crippen molar-refractivity contribution >= 4 is 0 Å². The molecule has 2 fully saturated rings. The van der Waals surface area contributed by atoms with Crippen molar-refractivity contribution in [3.05, 3.63) is 0 Å². The first-order chi connectivity index (χ1) is 6.53. The molecule has 0 aromatic heterocycles. The molecule has 2 aliphatic carbocycles. The van der Waals surface area contributed by atoms with E-state index in [1.165, 1.54) is 25.7 Å². The van der Waals surface area contributed by atoms with E-state index in [9.17, 15) is 5.11 Å². The van der Waals surface area contributed by atoms with Crippen LogP contribution in [0.15, 0.2) is 0 Å². The molecule has 0 spiro atoms. The Morgan fingerprint density at radius 2 is 1.93 bits per heavy atom. The van der Waals surface area contributed by atoms with Crippen LogP contribution in [0, 0.1) is 23.2 Å². The summed E-state index contributed by atoms with van der Waals surface area (Å²) in [6.45, 7) is 7.03. The molecular weight excluding hydrogens is 172 g/mol. The lowest BCUT2D eigenvalue weighted by atomic mass is 9.55. The van der Waals surface area contributed by atoms with E-state index in [0.29, 0.717) is 11.3 Å². The standard InChI is InChI=1S/C13H24O/c1-9-5-4-6-13(3)8-12(14)10(2)7-11(9)13/h9-12,14H,4-8H2,1-3H3/t9-,10-,11-,12-,13+/m0/s1. The molecule has 0 aromatic rings. The van der Waals surface area contributed by atoms with Crippen LogP contribution >= 0.6 is 0 Å². The van der Waals surface area contributed by atoms with Gasteiger partial charge in [-0.05, 0) is 42.4 Å². The summed E-state index contributed by atoms with van der Waals surface area (Å²) in [6.07, 6.45) is 6.37. The van der Waals surface area contributed by atoms with Crippen LogP contribution in [0.5, 0.6) is 0 Å². The molecule has 0 saturated heterocycles. The molecule has 14 heavy (non-hydrogen) atoms. The Balaban J connectivity index is 2.16. The minimum absolute atomic E-state index is 0.0402. The molecule has 0 aromatic carbocycles. The lowest BCUT2D eigenvalue weighted by Gasteiger charge is -2.51. The van der Waals surface area contributed by atoms with Gasteiger partial charge in [0, 0.05) is 0 Å². The molecule has 2 rings (SSSR count). The lowest BCUT2D eigenvalue weighted by molar-refractivity contribution is -0.0661. The van der Waals surface area contributed by atoms with Gasteiger partial charge in [-0.15, -0.1) is 0 Å². The smallest absolute Gasteiger partial charge is 0.0571 e. The Hall–Kier alpha value is -0.0400. The van der Waals surface area contributed by atoms with E-state index in [4.69, 9.17) is 0 Å². The second kappa shape index (κ2) is 3.52. The van der Waals surface area contributed by atoms with Gasteiger partial charge in [-0.2, -0.15) is 0 Å². The maximum atomic E-state index is 9.97. The molecule has 2 aliphatic rings. The first-order valence-electron chi connectivity index (χ1n) is 6.21. The first kappa shape index (κ1) is 10.5. The van der Waals surface area contributed by atoms with Gasteiger partial charge >= 0.3 is 0 Å². The fourth-order valence-corrected chi connectivity index (χ4v) is 3.91. The van der Waals surface area contributed by atoms with Gasteiger partial charge in [0.15, 0.2) is 0 Å². The highest BCUT2D eigenvalue weighted by Crippen LogP contribution is 2.53. The molecule has 1 nitrogen and oxygen atoms in total. The number of aliphatic hydroxyl groups excluding tert-OH is 1. The fourth-order valence-electron chi connectivity index (χ4n) is 3.91. The van der Waals surface area contributed by atoms with Crippen LogP contribution in [0.25, 0.3) is 0 Å². The number of hydrogen-bond acceptors (Lipinski definition) is 1. The van der Waals surface area contributed by atoms with Crippen LogP contribution < -0.4 is 0 Å². The molecule has 0 unspecified atom stereocenters. The van der Waals surface area contributed by atoms with Crippen LogP contribution in [0.3, 0.4) is 0 Å². The van der Waals surface area contributed by atoms with E-state index >= 15 is 0 Å². The quantitative estimate of drug-likeness (QED) is 0.630. The van der Waals surface area contributed by atoms with E-state index in [2.05, 4.69) is 20.8 Å². The summed E-state index contributed by atoms with van der Waals surface area (Å²) in [5.74, 6) is 2.27. The van der Waals surface area contributed by atoms with E-state index in [-0.39, 0.29) is 6.10 Å². The Kier molecular flexibility index (Phi) is 2.63. The third-order valence-electron chi connectivity index (χ3n) is 4.95. The third kappa shape index (κ3) is 1.60. The Bertz CT molecular complexity index is 213. The van der Waals surface area contributed by atoms with E-state index in [0.717, 1.165) is 18.3 Å². The van der Waals surface area contributed by atoms with Crippen LogP contribution in [0.1, 0.15) is 52.9 Å². The van der Waals surface area contributed by atoms with Gasteiger partial charge in [0.25, 0.3) is 0 Å². The van der Waals surface area contributed by atoms with Gasteiger partial charge in [0.2, 0.25) is 0 Å². The average Bonchev–Trinajstić information content (AvgIpc) is 2.09. The van der Waals surface area contributed by atoms with Crippen molar-refractivity contribution in [2.24, 2.45) is 23.2 Å². The van der Waals surface area contributed by atoms with Crippen molar-refractivity contribution < 1.29 is 5.11 Å². The predicted molar refractivity (Wildman–Crippen MR) is 59.0 cm³/mol. The number of aliphatic hydroxyl groups is 1. The van der Waals surface area contributed by atoms with Crippen LogP contribution in [-0.2, 0) is 0 Å². The van der Waals surface area contributed by atoms with Crippen LogP contribution in [0.2, 0.25) is 0 Å². The highest BCUT2D eigenvalue weighted by molar-refractivity contribution is 4.96. The maximum Gasteiger partial charge on any atom is 0.0571 e. The first-order valence-corrected chi connectivity index (χ1v) is 6.21. The summed E-state index contributed by atoms with van der Waals surface area (Å²) in [7, 11) is 0.